The Hall–Kier alpha value is -4.00. The van der Waals surface area contributed by atoms with Crippen molar-refractivity contribution in [2.24, 2.45) is 0 Å². The molecule has 0 amide bonds. The molecule has 12 nitrogen and oxygen atoms in total. The first-order valence-electron chi connectivity index (χ1n) is 14.1. The maximum Gasteiger partial charge on any atom is 0.227 e. The Morgan fingerprint density at radius 2 is 1.88 bits per heavy atom. The first-order chi connectivity index (χ1) is 20.6. The molecule has 6 rings (SSSR count). The van der Waals surface area contributed by atoms with Gasteiger partial charge < -0.3 is 24.4 Å². The van der Waals surface area contributed by atoms with Crippen LogP contribution in [0.4, 0.5) is 17.3 Å². The molecule has 4 aromatic rings. The lowest BCUT2D eigenvalue weighted by Gasteiger charge is -2.36. The molecule has 2 fully saturated rings. The number of nitrogens with zero attached hydrogens (tertiary/aromatic N) is 8. The van der Waals surface area contributed by atoms with Crippen molar-refractivity contribution in [3.8, 4) is 22.6 Å². The van der Waals surface area contributed by atoms with Gasteiger partial charge in [0, 0.05) is 55.9 Å². The van der Waals surface area contributed by atoms with Crippen LogP contribution in [0, 0.1) is 0 Å². The number of methoxy groups -OCH3 is 1. The van der Waals surface area contributed by atoms with Gasteiger partial charge in [0.1, 0.15) is 23.9 Å². The van der Waals surface area contributed by atoms with Crippen molar-refractivity contribution in [3.05, 3.63) is 60.1 Å². The molecule has 2 saturated heterocycles. The summed E-state index contributed by atoms with van der Waals surface area (Å²) >= 11 is 6.41. The Morgan fingerprint density at radius 3 is 2.62 bits per heavy atom. The molecule has 2 aliphatic rings. The van der Waals surface area contributed by atoms with Gasteiger partial charge in [-0.3, -0.25) is 4.90 Å². The predicted molar refractivity (Wildman–Crippen MR) is 160 cm³/mol. The third-order valence-electron chi connectivity index (χ3n) is 7.54. The maximum atomic E-state index is 6.41. The van der Waals surface area contributed by atoms with Crippen LogP contribution < -0.4 is 19.7 Å². The topological polar surface area (TPSA) is 116 Å². The van der Waals surface area contributed by atoms with Crippen molar-refractivity contribution in [2.45, 2.75) is 32.0 Å². The Bertz CT molecular complexity index is 1470. The minimum absolute atomic E-state index is 0.193. The average Bonchev–Trinajstić information content (AvgIpc) is 3.37. The number of hydrogen-bond acceptors (Lipinski definition) is 11. The second-order valence-electron chi connectivity index (χ2n) is 10.5. The van der Waals surface area contributed by atoms with Gasteiger partial charge >= 0.3 is 0 Å². The monoisotopic (exact) mass is 591 g/mol. The highest BCUT2D eigenvalue weighted by Gasteiger charge is 2.27. The first kappa shape index (κ1) is 28.1. The van der Waals surface area contributed by atoms with E-state index in [2.05, 4.69) is 52.7 Å². The van der Waals surface area contributed by atoms with Crippen LogP contribution in [0.15, 0.2) is 55.1 Å². The number of tetrazole rings is 1. The van der Waals surface area contributed by atoms with Crippen LogP contribution in [-0.2, 0) is 11.3 Å². The van der Waals surface area contributed by atoms with Gasteiger partial charge in [-0.2, -0.15) is 0 Å². The van der Waals surface area contributed by atoms with Crippen LogP contribution in [0.2, 0.25) is 5.02 Å². The van der Waals surface area contributed by atoms with E-state index in [0.29, 0.717) is 29.3 Å². The van der Waals surface area contributed by atoms with E-state index >= 15 is 0 Å². The predicted octanol–water partition coefficient (Wildman–Crippen LogP) is 3.91. The van der Waals surface area contributed by atoms with Crippen molar-refractivity contribution in [3.63, 3.8) is 0 Å². The van der Waals surface area contributed by atoms with E-state index in [1.165, 1.54) is 0 Å². The molecular weight excluding hydrogens is 558 g/mol. The standard InChI is InChI=1S/C29H34ClN9O3/c1-20(16-39-19-33-35-36-39)42-27-12-21(4-6-25(27)30)22-14-31-29(32-15-22)34-26-7-5-23(13-28(26)40-2)37-8-3-9-38(11-10-37)24-17-41-18-24/h4-7,12-15,19-20,24H,3,8-11,16-18H2,1-2H3,(H,31,32,34)/t20-/m0/s1. The summed E-state index contributed by atoms with van der Waals surface area (Å²) in [5.41, 5.74) is 3.67. The van der Waals surface area contributed by atoms with E-state index in [9.17, 15) is 0 Å². The molecular formula is C29H34ClN9O3. The van der Waals surface area contributed by atoms with Crippen molar-refractivity contribution in [1.82, 2.24) is 35.1 Å². The van der Waals surface area contributed by atoms with Crippen LogP contribution >= 0.6 is 11.6 Å². The molecule has 2 aliphatic heterocycles. The van der Waals surface area contributed by atoms with E-state index in [4.69, 9.17) is 25.8 Å². The Labute approximate surface area is 249 Å². The van der Waals surface area contributed by atoms with E-state index in [-0.39, 0.29) is 6.10 Å². The summed E-state index contributed by atoms with van der Waals surface area (Å²) in [6.07, 6.45) is 6.01. The normalized spacial score (nSPS) is 16.9. The minimum Gasteiger partial charge on any atom is -0.494 e. The van der Waals surface area contributed by atoms with Gasteiger partial charge in [0.25, 0.3) is 0 Å². The summed E-state index contributed by atoms with van der Waals surface area (Å²) in [5, 5.41) is 15.0. The number of hydrogen-bond donors (Lipinski definition) is 1. The van der Waals surface area contributed by atoms with Gasteiger partial charge in [0.05, 0.1) is 43.6 Å². The molecule has 0 spiro atoms. The van der Waals surface area contributed by atoms with Crippen molar-refractivity contribution < 1.29 is 14.2 Å². The summed E-state index contributed by atoms with van der Waals surface area (Å²) < 4.78 is 18.8. The summed E-state index contributed by atoms with van der Waals surface area (Å²) in [6.45, 7) is 8.28. The molecule has 0 aliphatic carbocycles. The van der Waals surface area contributed by atoms with Crippen LogP contribution in [0.25, 0.3) is 11.1 Å². The van der Waals surface area contributed by atoms with Gasteiger partial charge in [-0.1, -0.05) is 17.7 Å². The number of halogens is 1. The van der Waals surface area contributed by atoms with Crippen LogP contribution in [0.3, 0.4) is 0 Å². The smallest absolute Gasteiger partial charge is 0.227 e. The molecule has 0 radical (unpaired) electrons. The van der Waals surface area contributed by atoms with E-state index in [0.717, 1.165) is 74.1 Å². The zero-order valence-electron chi connectivity index (χ0n) is 23.7. The van der Waals surface area contributed by atoms with Gasteiger partial charge in [-0.15, -0.1) is 5.10 Å². The highest BCUT2D eigenvalue weighted by Crippen LogP contribution is 2.34. The van der Waals surface area contributed by atoms with Gasteiger partial charge in [0.15, 0.2) is 0 Å². The maximum absolute atomic E-state index is 6.41. The molecule has 13 heteroatoms. The second kappa shape index (κ2) is 12.9. The molecule has 1 atom stereocenters. The lowest BCUT2D eigenvalue weighted by Crippen LogP contribution is -2.50. The van der Waals surface area contributed by atoms with Crippen LogP contribution in [-0.4, -0.2) is 93.7 Å². The number of ether oxygens (including phenoxy) is 3. The lowest BCUT2D eigenvalue weighted by atomic mass is 10.1. The SMILES string of the molecule is COc1cc(N2CCCN(C3COC3)CC2)ccc1Nc1ncc(-c2ccc(Cl)c(O[C@@H](C)Cn3cnnn3)c2)cn1. The van der Waals surface area contributed by atoms with Gasteiger partial charge in [-0.25, -0.2) is 14.6 Å². The van der Waals surface area contributed by atoms with Gasteiger partial charge in [0.2, 0.25) is 5.95 Å². The van der Waals surface area contributed by atoms with Gasteiger partial charge in [-0.05, 0) is 53.6 Å². The number of anilines is 3. The Kier molecular flexibility index (Phi) is 8.63. The third-order valence-corrected chi connectivity index (χ3v) is 7.86. The molecule has 1 N–H and O–H groups in total. The lowest BCUT2D eigenvalue weighted by molar-refractivity contribution is -0.0625. The fourth-order valence-corrected chi connectivity index (χ4v) is 5.35. The fraction of sp³-hybridized carbons (Fsp3) is 0.414. The molecule has 4 heterocycles. The van der Waals surface area contributed by atoms with E-state index in [1.807, 2.05) is 25.1 Å². The largest absolute Gasteiger partial charge is 0.494 e. The number of rotatable bonds is 10. The molecule has 2 aromatic heterocycles. The van der Waals surface area contributed by atoms with Crippen molar-refractivity contribution in [2.75, 3.05) is 56.7 Å². The zero-order chi connectivity index (χ0) is 28.9. The zero-order valence-corrected chi connectivity index (χ0v) is 24.4. The summed E-state index contributed by atoms with van der Waals surface area (Å²) in [6, 6.07) is 12.4. The molecule has 0 saturated carbocycles. The summed E-state index contributed by atoms with van der Waals surface area (Å²) in [7, 11) is 1.68. The number of aromatic nitrogens is 6. The highest BCUT2D eigenvalue weighted by molar-refractivity contribution is 6.32. The molecule has 42 heavy (non-hydrogen) atoms. The van der Waals surface area contributed by atoms with E-state index < -0.39 is 0 Å². The average molecular weight is 592 g/mol. The Morgan fingerprint density at radius 1 is 1.02 bits per heavy atom. The first-order valence-corrected chi connectivity index (χ1v) is 14.4. The third kappa shape index (κ3) is 6.56. The second-order valence-corrected chi connectivity index (χ2v) is 10.9. The fourth-order valence-electron chi connectivity index (χ4n) is 5.19. The van der Waals surface area contributed by atoms with Crippen LogP contribution in [0.5, 0.6) is 11.5 Å². The number of benzene rings is 2. The van der Waals surface area contributed by atoms with Crippen LogP contribution in [0.1, 0.15) is 13.3 Å². The molecule has 0 unspecified atom stereocenters. The quantitative estimate of drug-likeness (QED) is 0.289. The molecule has 2 aromatic carbocycles. The Balaban J connectivity index is 1.10. The van der Waals surface area contributed by atoms with Crippen molar-refractivity contribution >= 4 is 28.9 Å². The summed E-state index contributed by atoms with van der Waals surface area (Å²) in [5.74, 6) is 1.78. The van der Waals surface area contributed by atoms with E-state index in [1.54, 1.807) is 36.6 Å². The molecule has 220 valence electrons. The van der Waals surface area contributed by atoms with Crippen molar-refractivity contribution in [1.29, 1.82) is 0 Å². The summed E-state index contributed by atoms with van der Waals surface area (Å²) in [4.78, 5) is 14.1. The molecule has 0 bridgehead atoms. The number of nitrogens with one attached hydrogen (secondary N) is 1. The highest BCUT2D eigenvalue weighted by atomic mass is 35.5. The minimum atomic E-state index is -0.193.